The fourth-order valence-electron chi connectivity index (χ4n) is 3.07. The second-order valence-corrected chi connectivity index (χ2v) is 7.03. The molecule has 0 radical (unpaired) electrons. The fraction of sp³-hybridized carbons (Fsp3) is 0.667. The summed E-state index contributed by atoms with van der Waals surface area (Å²) in [5, 5.41) is 59.4. The van der Waals surface area contributed by atoms with Gasteiger partial charge < -0.3 is 49.6 Å². The summed E-state index contributed by atoms with van der Waals surface area (Å²) in [4.78, 5) is 0. The molecule has 10 nitrogen and oxygen atoms in total. The van der Waals surface area contributed by atoms with Gasteiger partial charge in [0.05, 0.1) is 26.4 Å². The Balaban J connectivity index is 1.56. The molecule has 28 heavy (non-hydrogen) atoms. The van der Waals surface area contributed by atoms with Crippen molar-refractivity contribution in [2.45, 2.75) is 55.3 Å². The standard InChI is InChI=1S/C18H26O10/c19-8-18(24)9-27-17(15(18)23)26-7-11-12(20)13(21)14(22)16(28-11)25-6-10-4-2-1-3-5-10/h1-5,11-17,19-24H,6-9H2/t11-,12-,13+,14-,15+,16-,17+,18-/m1/s1. The van der Waals surface area contributed by atoms with Crippen LogP contribution in [-0.2, 0) is 25.6 Å². The number of rotatable bonds is 7. The van der Waals surface area contributed by atoms with E-state index in [2.05, 4.69) is 0 Å². The van der Waals surface area contributed by atoms with Crippen molar-refractivity contribution < 1.29 is 49.6 Å². The van der Waals surface area contributed by atoms with E-state index in [4.69, 9.17) is 24.1 Å². The van der Waals surface area contributed by atoms with Gasteiger partial charge in [0.2, 0.25) is 0 Å². The Morgan fingerprint density at radius 2 is 1.68 bits per heavy atom. The molecule has 0 unspecified atom stereocenters. The van der Waals surface area contributed by atoms with Crippen LogP contribution in [0.1, 0.15) is 5.56 Å². The van der Waals surface area contributed by atoms with E-state index in [1.807, 2.05) is 30.3 Å². The summed E-state index contributed by atoms with van der Waals surface area (Å²) < 4.78 is 21.5. The highest BCUT2D eigenvalue weighted by Gasteiger charge is 2.50. The molecule has 158 valence electrons. The van der Waals surface area contributed by atoms with Gasteiger partial charge in [-0.05, 0) is 5.56 Å². The Morgan fingerprint density at radius 3 is 2.32 bits per heavy atom. The van der Waals surface area contributed by atoms with Crippen molar-refractivity contribution in [2.24, 2.45) is 0 Å². The predicted octanol–water partition coefficient (Wildman–Crippen LogP) is -2.53. The molecule has 0 amide bonds. The van der Waals surface area contributed by atoms with Crippen LogP contribution in [0.25, 0.3) is 0 Å². The monoisotopic (exact) mass is 402 g/mol. The van der Waals surface area contributed by atoms with E-state index < -0.39 is 55.3 Å². The Kier molecular flexibility index (Phi) is 6.99. The van der Waals surface area contributed by atoms with Gasteiger partial charge in [-0.15, -0.1) is 0 Å². The topological polar surface area (TPSA) is 158 Å². The SMILES string of the molecule is OC[C@@]1(O)CO[C@H](OC[C@H]2O[C@@H](OCc3ccccc3)[C@H](O)[C@@H](O)[C@@H]2O)[C@@H]1O. The molecular weight excluding hydrogens is 376 g/mol. The molecule has 0 bridgehead atoms. The van der Waals surface area contributed by atoms with Gasteiger partial charge in [-0.1, -0.05) is 30.3 Å². The summed E-state index contributed by atoms with van der Waals surface area (Å²) in [5.41, 5.74) is -1.01. The van der Waals surface area contributed by atoms with Crippen molar-refractivity contribution in [3.63, 3.8) is 0 Å². The number of aliphatic hydroxyl groups excluding tert-OH is 5. The molecule has 2 aliphatic rings. The molecule has 2 saturated heterocycles. The van der Waals surface area contributed by atoms with Crippen LogP contribution in [0.3, 0.4) is 0 Å². The van der Waals surface area contributed by atoms with Crippen molar-refractivity contribution in [1.29, 1.82) is 0 Å². The zero-order chi connectivity index (χ0) is 20.3. The molecule has 2 heterocycles. The van der Waals surface area contributed by atoms with Crippen LogP contribution in [0.4, 0.5) is 0 Å². The summed E-state index contributed by atoms with van der Waals surface area (Å²) in [7, 11) is 0. The van der Waals surface area contributed by atoms with Crippen LogP contribution in [-0.4, -0.2) is 99.2 Å². The van der Waals surface area contributed by atoms with Crippen molar-refractivity contribution in [3.05, 3.63) is 35.9 Å². The lowest BCUT2D eigenvalue weighted by Crippen LogP contribution is -2.59. The maximum atomic E-state index is 10.1. The molecule has 0 spiro atoms. The molecular formula is C18H26O10. The van der Waals surface area contributed by atoms with Crippen LogP contribution in [0.2, 0.25) is 0 Å². The first-order valence-electron chi connectivity index (χ1n) is 8.95. The van der Waals surface area contributed by atoms with E-state index in [0.717, 1.165) is 5.56 Å². The largest absolute Gasteiger partial charge is 0.393 e. The van der Waals surface area contributed by atoms with Crippen molar-refractivity contribution in [1.82, 2.24) is 0 Å². The number of ether oxygens (including phenoxy) is 4. The first-order chi connectivity index (χ1) is 13.4. The third-order valence-corrected chi connectivity index (χ3v) is 4.93. The van der Waals surface area contributed by atoms with Crippen molar-refractivity contribution in [3.8, 4) is 0 Å². The molecule has 0 saturated carbocycles. The van der Waals surface area contributed by atoms with Gasteiger partial charge in [0.1, 0.15) is 36.1 Å². The van der Waals surface area contributed by atoms with Crippen LogP contribution >= 0.6 is 0 Å². The molecule has 1 aromatic rings. The van der Waals surface area contributed by atoms with Gasteiger partial charge in [0.25, 0.3) is 0 Å². The smallest absolute Gasteiger partial charge is 0.187 e. The normalized spacial score (nSPS) is 41.3. The molecule has 2 aliphatic heterocycles. The van der Waals surface area contributed by atoms with Gasteiger partial charge in [-0.2, -0.15) is 0 Å². The summed E-state index contributed by atoms with van der Waals surface area (Å²) in [6, 6.07) is 9.14. The molecule has 1 aromatic carbocycles. The van der Waals surface area contributed by atoms with Crippen LogP contribution < -0.4 is 0 Å². The molecule has 2 fully saturated rings. The summed E-state index contributed by atoms with van der Waals surface area (Å²) in [6.45, 7) is -1.24. The lowest BCUT2D eigenvalue weighted by Gasteiger charge is -2.40. The van der Waals surface area contributed by atoms with Gasteiger partial charge in [-0.25, -0.2) is 0 Å². The Bertz CT molecular complexity index is 616. The molecule has 8 atom stereocenters. The first kappa shape index (κ1) is 21.5. The van der Waals surface area contributed by atoms with Gasteiger partial charge in [0, 0.05) is 0 Å². The van der Waals surface area contributed by atoms with Crippen molar-refractivity contribution >= 4 is 0 Å². The number of hydrogen-bond donors (Lipinski definition) is 6. The minimum atomic E-state index is -1.84. The van der Waals surface area contributed by atoms with E-state index in [9.17, 15) is 25.5 Å². The quantitative estimate of drug-likeness (QED) is 0.287. The van der Waals surface area contributed by atoms with Crippen LogP contribution in [0.15, 0.2) is 30.3 Å². The minimum Gasteiger partial charge on any atom is -0.393 e. The number of benzene rings is 1. The van der Waals surface area contributed by atoms with Crippen LogP contribution in [0.5, 0.6) is 0 Å². The fourth-order valence-corrected chi connectivity index (χ4v) is 3.07. The maximum Gasteiger partial charge on any atom is 0.187 e. The summed E-state index contributed by atoms with van der Waals surface area (Å²) in [6.07, 6.45) is -9.52. The average Bonchev–Trinajstić information content (AvgIpc) is 3.00. The highest BCUT2D eigenvalue weighted by atomic mass is 16.7. The zero-order valence-electron chi connectivity index (χ0n) is 15.1. The van der Waals surface area contributed by atoms with Gasteiger partial charge in [0.15, 0.2) is 12.6 Å². The van der Waals surface area contributed by atoms with Gasteiger partial charge in [-0.3, -0.25) is 0 Å². The maximum absolute atomic E-state index is 10.1. The van der Waals surface area contributed by atoms with Crippen molar-refractivity contribution in [2.75, 3.05) is 19.8 Å². The highest BCUT2D eigenvalue weighted by Crippen LogP contribution is 2.27. The Hall–Kier alpha value is -1.18. The molecule has 10 heteroatoms. The van der Waals surface area contributed by atoms with Crippen LogP contribution in [0, 0.1) is 0 Å². The number of aliphatic hydroxyl groups is 6. The second-order valence-electron chi connectivity index (χ2n) is 7.03. The third-order valence-electron chi connectivity index (χ3n) is 4.93. The van der Waals surface area contributed by atoms with E-state index >= 15 is 0 Å². The van der Waals surface area contributed by atoms with Gasteiger partial charge >= 0.3 is 0 Å². The Labute approximate surface area is 161 Å². The summed E-state index contributed by atoms with van der Waals surface area (Å²) in [5.74, 6) is 0. The van der Waals surface area contributed by atoms with E-state index in [1.165, 1.54) is 0 Å². The van der Waals surface area contributed by atoms with E-state index in [-0.39, 0.29) is 19.8 Å². The zero-order valence-corrected chi connectivity index (χ0v) is 15.1. The minimum absolute atomic E-state index is 0.118. The Morgan fingerprint density at radius 1 is 0.964 bits per heavy atom. The lowest BCUT2D eigenvalue weighted by molar-refractivity contribution is -0.312. The summed E-state index contributed by atoms with van der Waals surface area (Å²) >= 11 is 0. The molecule has 3 rings (SSSR count). The molecule has 0 aliphatic carbocycles. The highest BCUT2D eigenvalue weighted by molar-refractivity contribution is 5.13. The molecule has 6 N–H and O–H groups in total. The van der Waals surface area contributed by atoms with E-state index in [0.29, 0.717) is 0 Å². The second kappa shape index (κ2) is 9.09. The number of hydrogen-bond acceptors (Lipinski definition) is 10. The third kappa shape index (κ3) is 4.52. The predicted molar refractivity (Wildman–Crippen MR) is 91.6 cm³/mol. The average molecular weight is 402 g/mol. The first-order valence-corrected chi connectivity index (χ1v) is 8.95. The molecule has 0 aromatic heterocycles. The van der Waals surface area contributed by atoms with E-state index in [1.54, 1.807) is 0 Å². The lowest BCUT2D eigenvalue weighted by atomic mass is 9.99.